The zero-order valence-corrected chi connectivity index (χ0v) is 9.02. The Balaban J connectivity index is 2.34. The Bertz CT molecular complexity index is 390. The predicted molar refractivity (Wildman–Crippen MR) is 52.3 cm³/mol. The normalized spacial score (nSPS) is 35.1. The average Bonchev–Trinajstić information content (AvgIpc) is 2.75. The molecule has 5 heteroatoms. The van der Waals surface area contributed by atoms with Crippen molar-refractivity contribution in [2.45, 2.75) is 24.0 Å². The molecule has 14 heavy (non-hydrogen) atoms. The first-order valence-electron chi connectivity index (χ1n) is 4.79. The molecule has 2 rings (SSSR count). The minimum absolute atomic E-state index is 0.236. The first-order chi connectivity index (χ1) is 6.47. The summed E-state index contributed by atoms with van der Waals surface area (Å²) in [6.07, 6.45) is 3.35. The van der Waals surface area contributed by atoms with Crippen LogP contribution in [0.1, 0.15) is 19.3 Å². The van der Waals surface area contributed by atoms with E-state index in [-0.39, 0.29) is 5.41 Å². The Labute approximate surface area is 84.2 Å². The third-order valence-electron chi connectivity index (χ3n) is 3.69. The van der Waals surface area contributed by atoms with Crippen molar-refractivity contribution in [2.24, 2.45) is 5.41 Å². The van der Waals surface area contributed by atoms with E-state index in [4.69, 9.17) is 5.26 Å². The summed E-state index contributed by atoms with van der Waals surface area (Å²) in [5, 5.41) is 12.2. The summed E-state index contributed by atoms with van der Waals surface area (Å²) in [5.41, 5.74) is -0.236. The van der Waals surface area contributed by atoms with Gasteiger partial charge in [-0.05, 0) is 32.4 Å². The van der Waals surface area contributed by atoms with Gasteiger partial charge in [-0.25, -0.2) is 8.42 Å². The first kappa shape index (κ1) is 9.94. The first-order valence-corrected chi connectivity index (χ1v) is 6.68. The zero-order valence-electron chi connectivity index (χ0n) is 8.21. The molecule has 2 fully saturated rings. The molecule has 0 bridgehead atoms. The van der Waals surface area contributed by atoms with E-state index in [1.807, 2.05) is 6.07 Å². The molecule has 1 atom stereocenters. The van der Waals surface area contributed by atoms with Gasteiger partial charge in [0.1, 0.15) is 0 Å². The largest absolute Gasteiger partial charge is 0.317 e. The van der Waals surface area contributed by atoms with Crippen LogP contribution in [0.4, 0.5) is 0 Å². The quantitative estimate of drug-likeness (QED) is 0.670. The minimum atomic E-state index is -3.24. The van der Waals surface area contributed by atoms with Crippen LogP contribution in [-0.4, -0.2) is 32.5 Å². The summed E-state index contributed by atoms with van der Waals surface area (Å²) in [4.78, 5) is 0. The molecule has 1 spiro atoms. The van der Waals surface area contributed by atoms with Gasteiger partial charge in [-0.15, -0.1) is 0 Å². The third kappa shape index (κ3) is 1.04. The van der Waals surface area contributed by atoms with Gasteiger partial charge in [-0.2, -0.15) is 5.26 Å². The number of rotatable bonds is 1. The molecule has 78 valence electrons. The summed E-state index contributed by atoms with van der Waals surface area (Å²) in [5.74, 6) is 0. The van der Waals surface area contributed by atoms with Gasteiger partial charge < -0.3 is 5.32 Å². The molecule has 0 aromatic heterocycles. The van der Waals surface area contributed by atoms with Crippen LogP contribution in [0, 0.1) is 16.7 Å². The van der Waals surface area contributed by atoms with Gasteiger partial charge in [0.25, 0.3) is 0 Å². The standard InChI is InChI=1S/C9H14N2O2S/c1-14(12,13)9(7-10)6-8(9)2-4-11-5-3-8/h11H,2-6H2,1H3. The Morgan fingerprint density at radius 1 is 1.36 bits per heavy atom. The lowest BCUT2D eigenvalue weighted by molar-refractivity contribution is 0.342. The van der Waals surface area contributed by atoms with Gasteiger partial charge in [0.15, 0.2) is 14.6 Å². The van der Waals surface area contributed by atoms with E-state index < -0.39 is 14.6 Å². The van der Waals surface area contributed by atoms with Crippen molar-refractivity contribution in [3.63, 3.8) is 0 Å². The zero-order chi connectivity index (χ0) is 10.4. The predicted octanol–water partition coefficient (Wildman–Crippen LogP) is 0.0669. The van der Waals surface area contributed by atoms with Crippen LogP contribution in [0.25, 0.3) is 0 Å². The van der Waals surface area contributed by atoms with Gasteiger partial charge in [-0.3, -0.25) is 0 Å². The highest BCUT2D eigenvalue weighted by Gasteiger charge is 2.73. The van der Waals surface area contributed by atoms with Crippen molar-refractivity contribution in [3.05, 3.63) is 0 Å². The molecule has 0 radical (unpaired) electrons. The molecule has 2 aliphatic rings. The molecular weight excluding hydrogens is 200 g/mol. The fourth-order valence-electron chi connectivity index (χ4n) is 2.68. The van der Waals surface area contributed by atoms with E-state index >= 15 is 0 Å². The van der Waals surface area contributed by atoms with Crippen LogP contribution in [0.5, 0.6) is 0 Å². The van der Waals surface area contributed by atoms with Crippen molar-refractivity contribution in [1.29, 1.82) is 5.26 Å². The number of nitriles is 1. The fourth-order valence-corrected chi connectivity index (χ4v) is 4.38. The number of nitrogens with zero attached hydrogens (tertiary/aromatic N) is 1. The summed E-state index contributed by atoms with van der Waals surface area (Å²) in [6, 6.07) is 2.04. The molecule has 1 N–H and O–H groups in total. The van der Waals surface area contributed by atoms with Crippen molar-refractivity contribution in [1.82, 2.24) is 5.32 Å². The van der Waals surface area contributed by atoms with Crippen LogP contribution in [-0.2, 0) is 9.84 Å². The highest BCUT2D eigenvalue weighted by molar-refractivity contribution is 7.92. The van der Waals surface area contributed by atoms with Crippen molar-refractivity contribution < 1.29 is 8.42 Å². The Hall–Kier alpha value is -0.600. The monoisotopic (exact) mass is 214 g/mol. The maximum atomic E-state index is 11.6. The molecule has 1 unspecified atom stereocenters. The maximum absolute atomic E-state index is 11.6. The molecule has 0 amide bonds. The third-order valence-corrected chi connectivity index (χ3v) is 5.63. The fraction of sp³-hybridized carbons (Fsp3) is 0.889. The van der Waals surface area contributed by atoms with Crippen LogP contribution >= 0.6 is 0 Å². The average molecular weight is 214 g/mol. The lowest BCUT2D eigenvalue weighted by Crippen LogP contribution is -2.36. The number of nitrogens with one attached hydrogen (secondary N) is 1. The molecule has 0 aromatic carbocycles. The molecular formula is C9H14N2O2S. The Kier molecular flexibility index (Phi) is 1.92. The molecule has 1 saturated heterocycles. The number of sulfone groups is 1. The molecule has 1 aliphatic heterocycles. The van der Waals surface area contributed by atoms with Crippen LogP contribution in [0.15, 0.2) is 0 Å². The van der Waals surface area contributed by atoms with Crippen molar-refractivity contribution >= 4 is 9.84 Å². The van der Waals surface area contributed by atoms with Crippen molar-refractivity contribution in [3.8, 4) is 6.07 Å². The molecule has 1 heterocycles. The van der Waals surface area contributed by atoms with E-state index in [2.05, 4.69) is 5.32 Å². The van der Waals surface area contributed by atoms with Crippen LogP contribution < -0.4 is 5.32 Å². The van der Waals surface area contributed by atoms with Crippen molar-refractivity contribution in [2.75, 3.05) is 19.3 Å². The number of hydrogen-bond donors (Lipinski definition) is 1. The van der Waals surface area contributed by atoms with Gasteiger partial charge in [0.2, 0.25) is 0 Å². The number of piperidine rings is 1. The smallest absolute Gasteiger partial charge is 0.167 e. The lowest BCUT2D eigenvalue weighted by atomic mass is 9.92. The lowest BCUT2D eigenvalue weighted by Gasteiger charge is -2.25. The summed E-state index contributed by atoms with van der Waals surface area (Å²) >= 11 is 0. The molecule has 0 aromatic rings. The van der Waals surface area contributed by atoms with E-state index in [1.54, 1.807) is 0 Å². The summed E-state index contributed by atoms with van der Waals surface area (Å²) in [7, 11) is -3.24. The Morgan fingerprint density at radius 3 is 2.29 bits per heavy atom. The molecule has 4 nitrogen and oxygen atoms in total. The van der Waals surface area contributed by atoms with Gasteiger partial charge in [0.05, 0.1) is 6.07 Å². The minimum Gasteiger partial charge on any atom is -0.317 e. The highest BCUT2D eigenvalue weighted by atomic mass is 32.2. The second-order valence-electron chi connectivity index (χ2n) is 4.42. The molecule has 1 saturated carbocycles. The summed E-state index contributed by atoms with van der Waals surface area (Å²) in [6.45, 7) is 1.66. The topological polar surface area (TPSA) is 70.0 Å². The van der Waals surface area contributed by atoms with E-state index in [1.165, 1.54) is 6.26 Å². The second kappa shape index (κ2) is 2.71. The van der Waals surface area contributed by atoms with Gasteiger partial charge in [-0.1, -0.05) is 0 Å². The van der Waals surface area contributed by atoms with Gasteiger partial charge >= 0.3 is 0 Å². The van der Waals surface area contributed by atoms with Crippen LogP contribution in [0.3, 0.4) is 0 Å². The number of hydrogen-bond acceptors (Lipinski definition) is 4. The van der Waals surface area contributed by atoms with Crippen LogP contribution in [0.2, 0.25) is 0 Å². The van der Waals surface area contributed by atoms with E-state index in [0.717, 1.165) is 25.9 Å². The highest BCUT2D eigenvalue weighted by Crippen LogP contribution is 2.65. The SMILES string of the molecule is CS(=O)(=O)C1(C#N)CC12CCNCC2. The van der Waals surface area contributed by atoms with Gasteiger partial charge in [0, 0.05) is 11.7 Å². The molecule has 1 aliphatic carbocycles. The maximum Gasteiger partial charge on any atom is 0.167 e. The summed E-state index contributed by atoms with van der Waals surface area (Å²) < 4.78 is 22.1. The van der Waals surface area contributed by atoms with E-state index in [9.17, 15) is 8.42 Å². The second-order valence-corrected chi connectivity index (χ2v) is 6.66. The van der Waals surface area contributed by atoms with E-state index in [0.29, 0.717) is 6.42 Å². The Morgan fingerprint density at radius 2 is 1.93 bits per heavy atom.